The number of halogens is 1. The number of piperazine rings is 1. The van der Waals surface area contributed by atoms with Crippen molar-refractivity contribution in [1.82, 2.24) is 19.9 Å². The summed E-state index contributed by atoms with van der Waals surface area (Å²) in [6.07, 6.45) is 0. The van der Waals surface area contributed by atoms with Gasteiger partial charge in [0.25, 0.3) is 0 Å². The summed E-state index contributed by atoms with van der Waals surface area (Å²) in [5, 5.41) is 6.13. The molecule has 4 rings (SSSR count). The van der Waals surface area contributed by atoms with Crippen LogP contribution >= 0.6 is 22.9 Å². The molecule has 0 atom stereocenters. The summed E-state index contributed by atoms with van der Waals surface area (Å²) in [6.45, 7) is 9.86. The van der Waals surface area contributed by atoms with Gasteiger partial charge < -0.3 is 4.52 Å². The van der Waals surface area contributed by atoms with Gasteiger partial charge in [-0.25, -0.2) is 0 Å². The molecule has 138 valence electrons. The minimum absolute atomic E-state index is 0.301. The Labute approximate surface area is 162 Å². The number of hydrogen-bond acceptors (Lipinski definition) is 6. The number of rotatable bonds is 5. The van der Waals surface area contributed by atoms with Gasteiger partial charge in [-0.2, -0.15) is 4.98 Å². The zero-order valence-corrected chi connectivity index (χ0v) is 16.7. The van der Waals surface area contributed by atoms with Crippen LogP contribution in [0.1, 0.15) is 36.4 Å². The van der Waals surface area contributed by atoms with Gasteiger partial charge in [0.2, 0.25) is 5.89 Å². The van der Waals surface area contributed by atoms with Gasteiger partial charge in [-0.3, -0.25) is 9.80 Å². The number of aromatic nitrogens is 2. The second-order valence-corrected chi connectivity index (χ2v) is 8.60. The van der Waals surface area contributed by atoms with Crippen molar-refractivity contribution in [2.45, 2.75) is 32.9 Å². The molecular weight excluding hydrogens is 368 g/mol. The first kappa shape index (κ1) is 17.9. The summed E-state index contributed by atoms with van der Waals surface area (Å²) in [5.41, 5.74) is 0. The molecule has 1 aliphatic heterocycles. The molecule has 0 radical (unpaired) electrons. The Morgan fingerprint density at radius 1 is 1.12 bits per heavy atom. The maximum atomic E-state index is 6.59. The predicted octanol–water partition coefficient (Wildman–Crippen LogP) is 4.38. The smallest absolute Gasteiger partial charge is 0.240 e. The van der Waals surface area contributed by atoms with Gasteiger partial charge in [0, 0.05) is 53.6 Å². The molecule has 26 heavy (non-hydrogen) atoms. The summed E-state index contributed by atoms with van der Waals surface area (Å²) >= 11 is 8.39. The molecular formula is C19H23ClN4OS. The molecule has 0 aliphatic carbocycles. The van der Waals surface area contributed by atoms with E-state index in [0.717, 1.165) is 56.0 Å². The Morgan fingerprint density at radius 2 is 1.81 bits per heavy atom. The van der Waals surface area contributed by atoms with Gasteiger partial charge in [-0.1, -0.05) is 48.8 Å². The summed E-state index contributed by atoms with van der Waals surface area (Å²) in [4.78, 5) is 10.6. The van der Waals surface area contributed by atoms with Gasteiger partial charge in [0.05, 0.1) is 11.6 Å². The average Bonchev–Trinajstić information content (AvgIpc) is 3.23. The van der Waals surface area contributed by atoms with Crippen LogP contribution in [0, 0.1) is 0 Å². The highest BCUT2D eigenvalue weighted by Crippen LogP contribution is 2.36. The van der Waals surface area contributed by atoms with E-state index in [1.165, 1.54) is 15.0 Å². The Morgan fingerprint density at radius 3 is 2.46 bits per heavy atom. The van der Waals surface area contributed by atoms with Gasteiger partial charge >= 0.3 is 0 Å². The van der Waals surface area contributed by atoms with Crippen LogP contribution in [0.5, 0.6) is 0 Å². The lowest BCUT2D eigenvalue weighted by molar-refractivity contribution is 0.113. The molecule has 2 aromatic heterocycles. The molecule has 0 N–H and O–H groups in total. The van der Waals surface area contributed by atoms with Crippen LogP contribution in [-0.4, -0.2) is 46.1 Å². The first-order valence-electron chi connectivity index (χ1n) is 9.03. The second kappa shape index (κ2) is 7.64. The molecule has 0 spiro atoms. The van der Waals surface area contributed by atoms with Gasteiger partial charge in [0.15, 0.2) is 5.82 Å². The summed E-state index contributed by atoms with van der Waals surface area (Å²) in [7, 11) is 0. The molecule has 1 fully saturated rings. The SMILES string of the molecule is CC(C)c1noc(CN2CCN(Cc3sc4ccccc4c3Cl)CC2)n1. The fourth-order valence-electron chi connectivity index (χ4n) is 3.23. The van der Waals surface area contributed by atoms with E-state index in [0.29, 0.717) is 5.92 Å². The average molecular weight is 391 g/mol. The molecule has 0 unspecified atom stereocenters. The van der Waals surface area contributed by atoms with Crippen molar-refractivity contribution in [3.8, 4) is 0 Å². The zero-order valence-electron chi connectivity index (χ0n) is 15.1. The maximum Gasteiger partial charge on any atom is 0.240 e. The molecule has 1 aliphatic rings. The first-order valence-corrected chi connectivity index (χ1v) is 10.2. The van der Waals surface area contributed by atoms with E-state index in [1.807, 2.05) is 6.07 Å². The topological polar surface area (TPSA) is 45.4 Å². The van der Waals surface area contributed by atoms with Crippen molar-refractivity contribution in [2.75, 3.05) is 26.2 Å². The summed E-state index contributed by atoms with van der Waals surface area (Å²) in [6, 6.07) is 8.36. The molecule has 0 saturated carbocycles. The third-order valence-electron chi connectivity index (χ3n) is 4.79. The monoisotopic (exact) mass is 390 g/mol. The van der Waals surface area contributed by atoms with Crippen molar-refractivity contribution in [2.24, 2.45) is 0 Å². The van der Waals surface area contributed by atoms with Crippen LogP contribution in [-0.2, 0) is 13.1 Å². The van der Waals surface area contributed by atoms with Crippen LogP contribution in [0.15, 0.2) is 28.8 Å². The summed E-state index contributed by atoms with van der Waals surface area (Å²) < 4.78 is 6.64. The highest BCUT2D eigenvalue weighted by Gasteiger charge is 2.21. The minimum Gasteiger partial charge on any atom is -0.338 e. The Balaban J connectivity index is 1.33. The quantitative estimate of drug-likeness (QED) is 0.646. The van der Waals surface area contributed by atoms with Crippen LogP contribution in [0.2, 0.25) is 5.02 Å². The van der Waals surface area contributed by atoms with E-state index in [-0.39, 0.29) is 0 Å². The van der Waals surface area contributed by atoms with Crippen molar-refractivity contribution < 1.29 is 4.52 Å². The van der Waals surface area contributed by atoms with Crippen LogP contribution < -0.4 is 0 Å². The molecule has 3 heterocycles. The fraction of sp³-hybridized carbons (Fsp3) is 0.474. The highest BCUT2D eigenvalue weighted by atomic mass is 35.5. The fourth-order valence-corrected chi connectivity index (χ4v) is 4.77. The van der Waals surface area contributed by atoms with Crippen molar-refractivity contribution in [1.29, 1.82) is 0 Å². The Bertz CT molecular complexity index is 883. The maximum absolute atomic E-state index is 6.59. The van der Waals surface area contributed by atoms with E-state index >= 15 is 0 Å². The second-order valence-electron chi connectivity index (χ2n) is 7.09. The molecule has 0 bridgehead atoms. The number of benzene rings is 1. The van der Waals surface area contributed by atoms with Crippen molar-refractivity contribution >= 4 is 33.0 Å². The molecule has 5 nitrogen and oxygen atoms in total. The third-order valence-corrected chi connectivity index (χ3v) is 6.49. The number of thiophene rings is 1. The van der Waals surface area contributed by atoms with Crippen LogP contribution in [0.4, 0.5) is 0 Å². The Hall–Kier alpha value is -1.47. The van der Waals surface area contributed by atoms with E-state index in [2.05, 4.69) is 52.0 Å². The highest BCUT2D eigenvalue weighted by molar-refractivity contribution is 7.19. The predicted molar refractivity (Wildman–Crippen MR) is 106 cm³/mol. The lowest BCUT2D eigenvalue weighted by Crippen LogP contribution is -2.45. The number of nitrogens with zero attached hydrogens (tertiary/aromatic N) is 4. The Kier molecular flexibility index (Phi) is 5.27. The molecule has 3 aromatic rings. The van der Waals surface area contributed by atoms with Crippen molar-refractivity contribution in [3.63, 3.8) is 0 Å². The van der Waals surface area contributed by atoms with Crippen LogP contribution in [0.3, 0.4) is 0 Å². The lowest BCUT2D eigenvalue weighted by Gasteiger charge is -2.33. The van der Waals surface area contributed by atoms with Crippen LogP contribution in [0.25, 0.3) is 10.1 Å². The minimum atomic E-state index is 0.301. The summed E-state index contributed by atoms with van der Waals surface area (Å²) in [5.74, 6) is 1.81. The van der Waals surface area contributed by atoms with Gasteiger partial charge in [0.1, 0.15) is 0 Å². The van der Waals surface area contributed by atoms with E-state index in [1.54, 1.807) is 11.3 Å². The molecule has 0 amide bonds. The molecule has 1 aromatic carbocycles. The standard InChI is InChI=1S/C19H23ClN4OS/c1-13(2)19-21-17(25-22-19)12-24-9-7-23(8-10-24)11-16-18(20)14-5-3-4-6-15(14)26-16/h3-6,13H,7-12H2,1-2H3. The van der Waals surface area contributed by atoms with Gasteiger partial charge in [-0.15, -0.1) is 11.3 Å². The number of hydrogen-bond donors (Lipinski definition) is 0. The van der Waals surface area contributed by atoms with E-state index < -0.39 is 0 Å². The van der Waals surface area contributed by atoms with Crippen molar-refractivity contribution in [3.05, 3.63) is 45.9 Å². The normalized spacial score (nSPS) is 16.8. The van der Waals surface area contributed by atoms with Gasteiger partial charge in [-0.05, 0) is 6.07 Å². The van der Waals surface area contributed by atoms with E-state index in [4.69, 9.17) is 16.1 Å². The first-order chi connectivity index (χ1) is 12.6. The molecule has 7 heteroatoms. The largest absolute Gasteiger partial charge is 0.338 e. The molecule has 1 saturated heterocycles. The zero-order chi connectivity index (χ0) is 18.1. The lowest BCUT2D eigenvalue weighted by atomic mass is 10.2. The number of fused-ring (bicyclic) bond motifs is 1. The van der Waals surface area contributed by atoms with E-state index in [9.17, 15) is 0 Å². The third kappa shape index (κ3) is 3.78.